The van der Waals surface area contributed by atoms with E-state index in [-0.39, 0.29) is 6.03 Å². The van der Waals surface area contributed by atoms with Crippen molar-refractivity contribution in [2.45, 2.75) is 38.1 Å². The number of carbonyl (C=O) groups is 1. The number of urea groups is 1. The van der Waals surface area contributed by atoms with Crippen molar-refractivity contribution in [3.05, 3.63) is 18.2 Å². The second-order valence-electron chi connectivity index (χ2n) is 6.73. The average molecular weight is 389 g/mol. The van der Waals surface area contributed by atoms with E-state index in [0.29, 0.717) is 41.6 Å². The highest BCUT2D eigenvalue weighted by molar-refractivity contribution is 7.19. The zero-order chi connectivity index (χ0) is 18.6. The number of amides is 2. The third-order valence-corrected chi connectivity index (χ3v) is 5.79. The molecule has 2 aliphatic rings. The van der Waals surface area contributed by atoms with Crippen LogP contribution in [-0.4, -0.2) is 42.5 Å². The van der Waals surface area contributed by atoms with Gasteiger partial charge in [-0.05, 0) is 25.0 Å². The van der Waals surface area contributed by atoms with Gasteiger partial charge in [-0.15, -0.1) is 10.2 Å². The van der Waals surface area contributed by atoms with Crippen molar-refractivity contribution in [3.8, 4) is 11.5 Å². The fourth-order valence-corrected chi connectivity index (χ4v) is 4.19. The molecule has 1 aromatic heterocycles. The van der Waals surface area contributed by atoms with Crippen molar-refractivity contribution < 1.29 is 14.3 Å². The normalized spacial score (nSPS) is 16.6. The lowest BCUT2D eigenvalue weighted by molar-refractivity contribution is 0.171. The van der Waals surface area contributed by atoms with Crippen molar-refractivity contribution in [2.75, 3.05) is 35.8 Å². The molecule has 2 amide bonds. The van der Waals surface area contributed by atoms with Gasteiger partial charge in [0.25, 0.3) is 0 Å². The molecular weight excluding hydrogens is 366 g/mol. The number of hydrogen-bond acceptors (Lipinski definition) is 7. The molecular formula is C18H23N5O3S. The molecule has 0 saturated heterocycles. The van der Waals surface area contributed by atoms with Crippen LogP contribution in [0.4, 0.5) is 20.7 Å². The average Bonchev–Trinajstić information content (AvgIpc) is 3.16. The third-order valence-electron chi connectivity index (χ3n) is 4.86. The van der Waals surface area contributed by atoms with Crippen LogP contribution in [0.25, 0.3) is 0 Å². The molecule has 0 atom stereocenters. The fourth-order valence-electron chi connectivity index (χ4n) is 3.41. The highest BCUT2D eigenvalue weighted by Gasteiger charge is 2.21. The number of nitrogens with one attached hydrogen (secondary N) is 2. The molecule has 4 rings (SSSR count). The van der Waals surface area contributed by atoms with Crippen LogP contribution in [0.3, 0.4) is 0 Å². The van der Waals surface area contributed by atoms with Gasteiger partial charge in [-0.1, -0.05) is 30.6 Å². The lowest BCUT2D eigenvalue weighted by Crippen LogP contribution is -2.33. The number of anilines is 3. The second kappa shape index (κ2) is 7.99. The zero-order valence-corrected chi connectivity index (χ0v) is 16.1. The Morgan fingerprint density at radius 2 is 1.89 bits per heavy atom. The minimum Gasteiger partial charge on any atom is -0.486 e. The topological polar surface area (TPSA) is 88.6 Å². The molecule has 0 radical (unpaired) electrons. The number of ether oxygens (including phenoxy) is 2. The predicted molar refractivity (Wildman–Crippen MR) is 105 cm³/mol. The van der Waals surface area contributed by atoms with Crippen molar-refractivity contribution in [1.82, 2.24) is 10.2 Å². The van der Waals surface area contributed by atoms with Crippen LogP contribution in [0.1, 0.15) is 32.1 Å². The first-order chi connectivity index (χ1) is 13.2. The molecule has 2 heterocycles. The van der Waals surface area contributed by atoms with Crippen molar-refractivity contribution in [1.29, 1.82) is 0 Å². The molecule has 0 spiro atoms. The minimum absolute atomic E-state index is 0.366. The molecule has 2 N–H and O–H groups in total. The molecule has 2 aromatic rings. The maximum atomic E-state index is 12.3. The number of aromatic nitrogens is 2. The van der Waals surface area contributed by atoms with E-state index < -0.39 is 0 Å². The summed E-state index contributed by atoms with van der Waals surface area (Å²) in [6.45, 7) is 1.04. The van der Waals surface area contributed by atoms with Gasteiger partial charge in [-0.3, -0.25) is 5.32 Å². The Labute approximate surface area is 161 Å². The molecule has 0 unspecified atom stereocenters. The second-order valence-corrected chi connectivity index (χ2v) is 7.69. The van der Waals surface area contributed by atoms with Crippen LogP contribution in [0.15, 0.2) is 18.2 Å². The van der Waals surface area contributed by atoms with Gasteiger partial charge >= 0.3 is 6.03 Å². The largest absolute Gasteiger partial charge is 0.486 e. The number of benzene rings is 1. The Balaban J connectivity index is 1.35. The number of fused-ring (bicyclic) bond motifs is 1. The predicted octanol–water partition coefficient (Wildman–Crippen LogP) is 3.72. The summed E-state index contributed by atoms with van der Waals surface area (Å²) in [7, 11) is 2.05. The van der Waals surface area contributed by atoms with E-state index in [0.717, 1.165) is 5.13 Å². The number of carbonyl (C=O) groups excluding carboxylic acids is 1. The quantitative estimate of drug-likeness (QED) is 0.828. The van der Waals surface area contributed by atoms with Crippen molar-refractivity contribution >= 4 is 33.3 Å². The SMILES string of the molecule is CN(c1nnc(NC(=O)Nc2ccc3c(c2)OCCO3)s1)C1CCCCC1. The van der Waals surface area contributed by atoms with Crippen molar-refractivity contribution in [3.63, 3.8) is 0 Å². The summed E-state index contributed by atoms with van der Waals surface area (Å²) in [4.78, 5) is 14.4. The molecule has 1 aliphatic carbocycles. The Morgan fingerprint density at radius 3 is 2.70 bits per heavy atom. The highest BCUT2D eigenvalue weighted by Crippen LogP contribution is 2.33. The minimum atomic E-state index is -0.366. The third kappa shape index (κ3) is 4.24. The number of nitrogens with zero attached hydrogens (tertiary/aromatic N) is 3. The van der Waals surface area contributed by atoms with Crippen LogP contribution in [0, 0.1) is 0 Å². The van der Waals surface area contributed by atoms with E-state index in [1.54, 1.807) is 18.2 Å². The van der Waals surface area contributed by atoms with Crippen LogP contribution >= 0.6 is 11.3 Å². The van der Waals surface area contributed by atoms with Gasteiger partial charge in [0.2, 0.25) is 10.3 Å². The zero-order valence-electron chi connectivity index (χ0n) is 15.2. The molecule has 1 aromatic carbocycles. The number of hydrogen-bond donors (Lipinski definition) is 2. The molecule has 1 saturated carbocycles. The Kier molecular flexibility index (Phi) is 5.28. The standard InChI is InChI=1S/C18H23N5O3S/c1-23(13-5-3-2-4-6-13)18-22-21-17(27-18)20-16(24)19-12-7-8-14-15(11-12)26-10-9-25-14/h7-8,11,13H,2-6,9-10H2,1H3,(H2,19,20,21,24). The summed E-state index contributed by atoms with van der Waals surface area (Å²) in [5.74, 6) is 1.32. The van der Waals surface area contributed by atoms with Gasteiger partial charge in [0, 0.05) is 24.8 Å². The molecule has 27 heavy (non-hydrogen) atoms. The Bertz CT molecular complexity index is 806. The lowest BCUT2D eigenvalue weighted by Gasteiger charge is -2.30. The van der Waals surface area contributed by atoms with E-state index in [1.165, 1.54) is 43.4 Å². The maximum absolute atomic E-state index is 12.3. The van der Waals surface area contributed by atoms with Crippen LogP contribution < -0.4 is 25.0 Å². The Hall–Kier alpha value is -2.55. The van der Waals surface area contributed by atoms with Gasteiger partial charge in [-0.25, -0.2) is 4.79 Å². The van der Waals surface area contributed by atoms with Crippen LogP contribution in [-0.2, 0) is 0 Å². The molecule has 1 fully saturated rings. The van der Waals surface area contributed by atoms with E-state index in [1.807, 2.05) is 0 Å². The first kappa shape index (κ1) is 17.8. The monoisotopic (exact) mass is 389 g/mol. The summed E-state index contributed by atoms with van der Waals surface area (Å²) < 4.78 is 11.0. The first-order valence-electron chi connectivity index (χ1n) is 9.23. The van der Waals surface area contributed by atoms with Gasteiger partial charge in [0.15, 0.2) is 11.5 Å². The van der Waals surface area contributed by atoms with E-state index in [2.05, 4.69) is 32.8 Å². The molecule has 8 nitrogen and oxygen atoms in total. The summed E-state index contributed by atoms with van der Waals surface area (Å²) in [6.07, 6.45) is 6.20. The smallest absolute Gasteiger partial charge is 0.325 e. The molecule has 144 valence electrons. The molecule has 9 heteroatoms. The number of rotatable bonds is 4. The van der Waals surface area contributed by atoms with Crippen LogP contribution in [0.2, 0.25) is 0 Å². The summed E-state index contributed by atoms with van der Waals surface area (Å²) in [5, 5.41) is 15.2. The first-order valence-corrected chi connectivity index (χ1v) is 10.0. The maximum Gasteiger partial charge on any atom is 0.325 e. The van der Waals surface area contributed by atoms with E-state index in [4.69, 9.17) is 9.47 Å². The summed E-state index contributed by atoms with van der Waals surface area (Å²) in [5.41, 5.74) is 0.626. The molecule has 0 bridgehead atoms. The fraction of sp³-hybridized carbons (Fsp3) is 0.500. The van der Waals surface area contributed by atoms with Gasteiger partial charge in [0.05, 0.1) is 0 Å². The Morgan fingerprint density at radius 1 is 1.11 bits per heavy atom. The highest BCUT2D eigenvalue weighted by atomic mass is 32.1. The van der Waals surface area contributed by atoms with Gasteiger partial charge in [0.1, 0.15) is 13.2 Å². The van der Waals surface area contributed by atoms with Crippen LogP contribution in [0.5, 0.6) is 11.5 Å². The van der Waals surface area contributed by atoms with E-state index in [9.17, 15) is 4.79 Å². The molecule has 1 aliphatic heterocycles. The van der Waals surface area contributed by atoms with Gasteiger partial charge < -0.3 is 19.7 Å². The lowest BCUT2D eigenvalue weighted by atomic mass is 9.95. The summed E-state index contributed by atoms with van der Waals surface area (Å²) in [6, 6.07) is 5.44. The van der Waals surface area contributed by atoms with E-state index >= 15 is 0 Å². The van der Waals surface area contributed by atoms with Gasteiger partial charge in [-0.2, -0.15) is 0 Å². The summed E-state index contributed by atoms with van der Waals surface area (Å²) >= 11 is 1.38. The van der Waals surface area contributed by atoms with Crippen molar-refractivity contribution in [2.24, 2.45) is 0 Å².